The van der Waals surface area contributed by atoms with Crippen LogP contribution in [0.3, 0.4) is 0 Å². The summed E-state index contributed by atoms with van der Waals surface area (Å²) in [4.78, 5) is 12.9. The number of rotatable bonds is 6. The van der Waals surface area contributed by atoms with Gasteiger partial charge in [-0.05, 0) is 144 Å². The third-order valence-electron chi connectivity index (χ3n) is 14.3. The topological polar surface area (TPSA) is 134 Å². The van der Waals surface area contributed by atoms with Gasteiger partial charge in [0.1, 0.15) is 33.8 Å². The number of phenols is 3. The fourth-order valence-electron chi connectivity index (χ4n) is 9.78. The van der Waals surface area contributed by atoms with E-state index >= 15 is 0 Å². The number of benzene rings is 9. The van der Waals surface area contributed by atoms with E-state index in [1.807, 2.05) is 55.5 Å². The maximum absolute atomic E-state index is 12.9. The Labute approximate surface area is 500 Å². The van der Waals surface area contributed by atoms with Crippen molar-refractivity contribution in [1.29, 1.82) is 0 Å². The second-order valence-corrected chi connectivity index (χ2v) is 20.5. The molecule has 438 valence electrons. The Morgan fingerprint density at radius 2 is 0.506 bits per heavy atom. The van der Waals surface area contributed by atoms with Crippen molar-refractivity contribution in [3.8, 4) is 84.0 Å². The van der Waals surface area contributed by atoms with Gasteiger partial charge >= 0.3 is 43.8 Å². The van der Waals surface area contributed by atoms with Crippen molar-refractivity contribution in [1.82, 2.24) is 15.0 Å². The SMILES string of the molecule is Cc1ccc(-c2cc(-c3ccc(C(F)(F)F)cc3)c3cccnc3c2O)cc1.Cc1ccc(-c2cc(-c3ccc(C)cc3)c3cccnc3c2O)cc1.Oc1c(-c2ccc(C(F)(F)F)cc2)cc(-c2ccc(C(F)(F)F)cc2)c2cccnc12.[O]=[W]=[O]. The Morgan fingerprint density at radius 3 is 0.713 bits per heavy atom. The Morgan fingerprint density at radius 1 is 0.310 bits per heavy atom. The summed E-state index contributed by atoms with van der Waals surface area (Å²) in [6, 6.07) is 54.2. The van der Waals surface area contributed by atoms with E-state index in [4.69, 9.17) is 6.80 Å². The normalized spacial score (nSPS) is 11.4. The molecule has 3 N–H and O–H groups in total. The number of aromatic nitrogens is 3. The van der Waals surface area contributed by atoms with E-state index in [1.165, 1.54) is 59.8 Å². The fraction of sp³-hybridized carbons (Fsp3) is 0.0870. The third-order valence-corrected chi connectivity index (χ3v) is 14.3. The number of aryl methyl sites for hydroxylation is 3. The summed E-state index contributed by atoms with van der Waals surface area (Å²) in [6.07, 6.45) is -8.63. The molecule has 12 rings (SSSR count). The number of nitrogens with zero attached hydrogens (tertiary/aromatic N) is 3. The van der Waals surface area contributed by atoms with Crippen LogP contribution in [0.25, 0.3) is 99.5 Å². The van der Waals surface area contributed by atoms with Gasteiger partial charge in [-0.25, -0.2) is 0 Å². The standard InChI is InChI=1S/C23H13F6NO.C23H16F3NO.C23H19NO.2O.W/c24-22(25,26)15-7-3-13(4-8-15)18-12-19(21(31)20-17(18)2-1-11-30-20)14-5-9-16(10-6-14)23(27,28)29;1-14-4-6-16(7-5-14)20-13-19(18-3-2-12-27-21(18)22(20)28)15-8-10-17(11-9-15)23(24,25)26;1-15-5-9-17(10-6-15)20-14-21(18-11-7-16(2)8-12-18)23(25)22-19(20)4-3-13-24-22;;;/h1-12,31H;2-13,28H,1H3;3-14,25H,1-2H3;;;. The molecule has 0 aliphatic carbocycles. The van der Waals surface area contributed by atoms with Crippen molar-refractivity contribution in [2.24, 2.45) is 0 Å². The Bertz CT molecular complexity index is 4460. The molecular weight excluding hydrogens is 1310 g/mol. The predicted molar refractivity (Wildman–Crippen MR) is 313 cm³/mol. The number of fused-ring (bicyclic) bond motifs is 3. The number of hydrogen-bond acceptors (Lipinski definition) is 8. The van der Waals surface area contributed by atoms with E-state index in [9.17, 15) is 54.8 Å². The van der Waals surface area contributed by atoms with Crippen LogP contribution in [0.4, 0.5) is 39.5 Å². The van der Waals surface area contributed by atoms with Crippen LogP contribution in [-0.2, 0) is 43.8 Å². The molecule has 3 heterocycles. The number of halogens is 9. The molecular formula is C69H48F9N3O5W. The van der Waals surface area contributed by atoms with Crippen LogP contribution in [-0.4, -0.2) is 30.3 Å². The van der Waals surface area contributed by atoms with Crippen molar-refractivity contribution in [2.45, 2.75) is 39.3 Å². The molecule has 0 spiro atoms. The fourth-order valence-corrected chi connectivity index (χ4v) is 9.78. The van der Waals surface area contributed by atoms with Crippen molar-refractivity contribution >= 4 is 32.7 Å². The van der Waals surface area contributed by atoms with Gasteiger partial charge in [0, 0.05) is 51.4 Å². The molecule has 0 atom stereocenters. The Hall–Kier alpha value is -9.73. The second kappa shape index (κ2) is 25.9. The molecule has 87 heavy (non-hydrogen) atoms. The zero-order valence-electron chi connectivity index (χ0n) is 46.1. The summed E-state index contributed by atoms with van der Waals surface area (Å²) < 4.78 is 133. The summed E-state index contributed by atoms with van der Waals surface area (Å²) >= 11 is -2.25. The molecule has 0 aliphatic rings. The number of pyridine rings is 3. The van der Waals surface area contributed by atoms with Gasteiger partial charge in [-0.2, -0.15) is 39.5 Å². The van der Waals surface area contributed by atoms with Gasteiger partial charge in [-0.3, -0.25) is 15.0 Å². The number of phenolic OH excluding ortho intramolecular Hbond substituents is 3. The average Bonchev–Trinajstić information content (AvgIpc) is 1.03. The quantitative estimate of drug-likeness (QED) is 0.140. The van der Waals surface area contributed by atoms with Gasteiger partial charge in [0.2, 0.25) is 0 Å². The zero-order valence-corrected chi connectivity index (χ0v) is 49.0. The number of aromatic hydroxyl groups is 3. The summed E-state index contributed by atoms with van der Waals surface area (Å²) in [6.45, 7) is 6.11. The van der Waals surface area contributed by atoms with Gasteiger partial charge in [0.15, 0.2) is 0 Å². The average molecular weight is 1350 g/mol. The first-order chi connectivity index (χ1) is 41.4. The first kappa shape index (κ1) is 61.8. The summed E-state index contributed by atoms with van der Waals surface area (Å²) in [7, 11) is 0. The first-order valence-corrected chi connectivity index (χ1v) is 28.8. The molecule has 12 aromatic rings. The van der Waals surface area contributed by atoms with Gasteiger partial charge < -0.3 is 15.3 Å². The van der Waals surface area contributed by atoms with Crippen LogP contribution in [0.1, 0.15) is 33.4 Å². The molecule has 9 aromatic carbocycles. The van der Waals surface area contributed by atoms with Gasteiger partial charge in [-0.15, -0.1) is 0 Å². The minimum absolute atomic E-state index is 0.0510. The number of hydrogen-bond donors (Lipinski definition) is 3. The monoisotopic (exact) mass is 1350 g/mol. The van der Waals surface area contributed by atoms with Crippen LogP contribution in [0.15, 0.2) is 219 Å². The van der Waals surface area contributed by atoms with Gasteiger partial charge in [0.25, 0.3) is 0 Å². The second-order valence-electron chi connectivity index (χ2n) is 20.1. The molecule has 0 bridgehead atoms. The molecule has 0 aliphatic heterocycles. The Balaban J connectivity index is 0.000000153. The van der Waals surface area contributed by atoms with Crippen LogP contribution < -0.4 is 0 Å². The van der Waals surface area contributed by atoms with Crippen molar-refractivity contribution < 1.29 is 80.1 Å². The molecule has 0 unspecified atom stereocenters. The van der Waals surface area contributed by atoms with Crippen LogP contribution >= 0.6 is 0 Å². The maximum atomic E-state index is 12.9. The Kier molecular flexibility index (Phi) is 18.4. The third kappa shape index (κ3) is 14.0. The summed E-state index contributed by atoms with van der Waals surface area (Å²) in [5.74, 6) is 0.0523. The van der Waals surface area contributed by atoms with E-state index < -0.39 is 53.7 Å². The van der Waals surface area contributed by atoms with Crippen molar-refractivity contribution in [2.75, 3.05) is 0 Å². The predicted octanol–water partition coefficient (Wildman–Crippen LogP) is 19.6. The molecule has 3 aromatic heterocycles. The molecule has 18 heteroatoms. The zero-order chi connectivity index (χ0) is 62.4. The summed E-state index contributed by atoms with van der Waals surface area (Å²) in [5.41, 5.74) is 10.6. The molecule has 8 nitrogen and oxygen atoms in total. The molecule has 0 fully saturated rings. The minimum atomic E-state index is -4.50. The molecule has 0 radical (unpaired) electrons. The molecule has 0 saturated heterocycles. The van der Waals surface area contributed by atoms with E-state index in [2.05, 4.69) is 71.3 Å². The van der Waals surface area contributed by atoms with E-state index in [-0.39, 0.29) is 28.3 Å². The van der Waals surface area contributed by atoms with Crippen LogP contribution in [0.5, 0.6) is 17.2 Å². The van der Waals surface area contributed by atoms with E-state index in [1.54, 1.807) is 42.7 Å². The van der Waals surface area contributed by atoms with Crippen LogP contribution in [0, 0.1) is 20.8 Å². The van der Waals surface area contributed by atoms with Gasteiger partial charge in [-0.1, -0.05) is 144 Å². The van der Waals surface area contributed by atoms with Crippen molar-refractivity contribution in [3.63, 3.8) is 0 Å². The molecule has 0 amide bonds. The van der Waals surface area contributed by atoms with Crippen molar-refractivity contribution in [3.05, 3.63) is 252 Å². The van der Waals surface area contributed by atoms with Crippen LogP contribution in [0.2, 0.25) is 0 Å². The van der Waals surface area contributed by atoms with E-state index in [0.29, 0.717) is 55.2 Å². The van der Waals surface area contributed by atoms with Gasteiger partial charge in [0.05, 0.1) is 16.7 Å². The first-order valence-electron chi connectivity index (χ1n) is 26.4. The number of alkyl halides is 9. The molecule has 0 saturated carbocycles. The summed E-state index contributed by atoms with van der Waals surface area (Å²) in [5, 5.41) is 34.5. The van der Waals surface area contributed by atoms with E-state index in [0.717, 1.165) is 75.2 Å².